The summed E-state index contributed by atoms with van der Waals surface area (Å²) in [5.74, 6) is 1.74. The summed E-state index contributed by atoms with van der Waals surface area (Å²) >= 11 is 0. The predicted molar refractivity (Wildman–Crippen MR) is 82.3 cm³/mol. The summed E-state index contributed by atoms with van der Waals surface area (Å²) in [4.78, 5) is 0. The second-order valence-electron chi connectivity index (χ2n) is 5.26. The molecule has 0 saturated carbocycles. The number of benzene rings is 2. The van der Waals surface area contributed by atoms with Crippen molar-refractivity contribution < 1.29 is 4.74 Å². The van der Waals surface area contributed by atoms with Crippen molar-refractivity contribution in [3.8, 4) is 11.5 Å². The van der Waals surface area contributed by atoms with Gasteiger partial charge in [0.25, 0.3) is 0 Å². The van der Waals surface area contributed by atoms with Gasteiger partial charge in [-0.1, -0.05) is 50.5 Å². The standard InChI is InChI=1S/C18H20NO/c1-2-3-4-5-9-14-10-8-13-17-18(14)19-15-11-6-7-12-16(15)20-17/h6-8,10-13H,2-5,9H2,1H3. The quantitative estimate of drug-likeness (QED) is 0.560. The van der Waals surface area contributed by atoms with Gasteiger partial charge in [0.2, 0.25) is 0 Å². The van der Waals surface area contributed by atoms with Crippen LogP contribution < -0.4 is 10.1 Å². The Kier molecular flexibility index (Phi) is 3.91. The molecule has 0 atom stereocenters. The maximum Gasteiger partial charge on any atom is 0.153 e. The fourth-order valence-electron chi connectivity index (χ4n) is 2.60. The zero-order chi connectivity index (χ0) is 13.8. The third kappa shape index (κ3) is 2.64. The Hall–Kier alpha value is -1.96. The molecule has 0 spiro atoms. The molecule has 0 N–H and O–H groups in total. The lowest BCUT2D eigenvalue weighted by Crippen LogP contribution is -2.04. The van der Waals surface area contributed by atoms with E-state index in [1.807, 2.05) is 30.3 Å². The highest BCUT2D eigenvalue weighted by Gasteiger charge is 2.19. The molecule has 2 heteroatoms. The Balaban J connectivity index is 1.79. The highest BCUT2D eigenvalue weighted by Crippen LogP contribution is 2.43. The Morgan fingerprint density at radius 1 is 0.900 bits per heavy atom. The van der Waals surface area contributed by atoms with Crippen molar-refractivity contribution in [2.75, 3.05) is 0 Å². The number of unbranched alkanes of at least 4 members (excludes halogenated alkanes) is 3. The molecule has 20 heavy (non-hydrogen) atoms. The number of aryl methyl sites for hydroxylation is 1. The lowest BCUT2D eigenvalue weighted by molar-refractivity contribution is 0.470. The van der Waals surface area contributed by atoms with Gasteiger partial charge in [0.1, 0.15) is 11.4 Å². The average molecular weight is 266 g/mol. The summed E-state index contributed by atoms with van der Waals surface area (Å²) in [6, 6.07) is 14.2. The SMILES string of the molecule is CCCCCCc1cccc2c1[N]c1ccccc1O2. The second-order valence-corrected chi connectivity index (χ2v) is 5.26. The summed E-state index contributed by atoms with van der Waals surface area (Å²) in [7, 11) is 0. The highest BCUT2D eigenvalue weighted by atomic mass is 16.5. The number of rotatable bonds is 5. The first-order valence-corrected chi connectivity index (χ1v) is 7.49. The molecule has 0 unspecified atom stereocenters. The molecule has 2 aromatic carbocycles. The average Bonchev–Trinajstić information content (AvgIpc) is 2.50. The van der Waals surface area contributed by atoms with Gasteiger partial charge in [-0.25, -0.2) is 5.32 Å². The minimum Gasteiger partial charge on any atom is -0.453 e. The molecule has 2 nitrogen and oxygen atoms in total. The van der Waals surface area contributed by atoms with Crippen LogP contribution in [0.15, 0.2) is 42.5 Å². The van der Waals surface area contributed by atoms with E-state index >= 15 is 0 Å². The fraction of sp³-hybridized carbons (Fsp3) is 0.333. The van der Waals surface area contributed by atoms with Gasteiger partial charge in [0, 0.05) is 0 Å². The van der Waals surface area contributed by atoms with Crippen molar-refractivity contribution >= 4 is 11.4 Å². The van der Waals surface area contributed by atoms with Crippen LogP contribution in [0.25, 0.3) is 0 Å². The van der Waals surface area contributed by atoms with Crippen LogP contribution in [0.1, 0.15) is 38.2 Å². The van der Waals surface area contributed by atoms with E-state index in [0.717, 1.165) is 29.3 Å². The molecular formula is C18H20NO. The summed E-state index contributed by atoms with van der Waals surface area (Å²) in [5, 5.41) is 4.78. The molecule has 0 saturated heterocycles. The van der Waals surface area contributed by atoms with Crippen LogP contribution >= 0.6 is 0 Å². The number of hydrogen-bond acceptors (Lipinski definition) is 1. The van der Waals surface area contributed by atoms with Crippen LogP contribution in [0, 0.1) is 0 Å². The number of nitrogens with zero attached hydrogens (tertiary/aromatic N) is 1. The van der Waals surface area contributed by atoms with E-state index in [-0.39, 0.29) is 0 Å². The maximum absolute atomic E-state index is 5.95. The highest BCUT2D eigenvalue weighted by molar-refractivity contribution is 5.70. The molecule has 0 amide bonds. The van der Waals surface area contributed by atoms with Crippen molar-refractivity contribution in [1.82, 2.24) is 5.32 Å². The molecule has 1 heterocycles. The van der Waals surface area contributed by atoms with Gasteiger partial charge in [-0.05, 0) is 36.6 Å². The summed E-state index contributed by atoms with van der Waals surface area (Å²) in [5.41, 5.74) is 3.25. The zero-order valence-electron chi connectivity index (χ0n) is 11.9. The van der Waals surface area contributed by atoms with Crippen molar-refractivity contribution in [2.45, 2.75) is 39.0 Å². The number of fused-ring (bicyclic) bond motifs is 2. The zero-order valence-corrected chi connectivity index (χ0v) is 11.9. The van der Waals surface area contributed by atoms with Crippen molar-refractivity contribution in [3.63, 3.8) is 0 Å². The molecular weight excluding hydrogens is 246 g/mol. The van der Waals surface area contributed by atoms with E-state index in [0.29, 0.717) is 0 Å². The molecule has 1 radical (unpaired) electrons. The largest absolute Gasteiger partial charge is 0.453 e. The third-order valence-electron chi connectivity index (χ3n) is 3.70. The molecule has 1 aliphatic rings. The van der Waals surface area contributed by atoms with Gasteiger partial charge in [-0.2, -0.15) is 0 Å². The van der Waals surface area contributed by atoms with Gasteiger partial charge in [0.05, 0.1) is 0 Å². The smallest absolute Gasteiger partial charge is 0.153 e. The summed E-state index contributed by atoms with van der Waals surface area (Å²) in [6.45, 7) is 2.24. The minimum atomic E-state index is 0.850. The monoisotopic (exact) mass is 266 g/mol. The van der Waals surface area contributed by atoms with Crippen LogP contribution in [0.5, 0.6) is 11.5 Å². The van der Waals surface area contributed by atoms with Gasteiger partial charge < -0.3 is 4.74 Å². The second kappa shape index (κ2) is 6.00. The first-order valence-electron chi connectivity index (χ1n) is 7.49. The lowest BCUT2D eigenvalue weighted by atomic mass is 10.0. The first-order chi connectivity index (χ1) is 9.88. The summed E-state index contributed by atoms with van der Waals surface area (Å²) < 4.78 is 5.95. The Morgan fingerprint density at radius 2 is 1.75 bits per heavy atom. The van der Waals surface area contributed by atoms with Crippen molar-refractivity contribution in [2.24, 2.45) is 0 Å². The van der Waals surface area contributed by atoms with Gasteiger partial charge in [-0.3, -0.25) is 0 Å². The van der Waals surface area contributed by atoms with Crippen LogP contribution in [-0.2, 0) is 6.42 Å². The number of hydrogen-bond donors (Lipinski definition) is 0. The van der Waals surface area contributed by atoms with E-state index in [4.69, 9.17) is 10.1 Å². The molecule has 0 aromatic heterocycles. The number of ether oxygens (including phenoxy) is 1. The van der Waals surface area contributed by atoms with E-state index in [1.165, 1.54) is 31.2 Å². The van der Waals surface area contributed by atoms with Gasteiger partial charge in [0.15, 0.2) is 11.5 Å². The minimum absolute atomic E-state index is 0.850. The normalized spacial score (nSPS) is 12.1. The Morgan fingerprint density at radius 3 is 2.65 bits per heavy atom. The predicted octanol–water partition coefficient (Wildman–Crippen LogP) is 5.48. The van der Waals surface area contributed by atoms with Crippen molar-refractivity contribution in [3.05, 3.63) is 48.0 Å². The summed E-state index contributed by atoms with van der Waals surface area (Å²) in [6.07, 6.45) is 6.18. The third-order valence-corrected chi connectivity index (χ3v) is 3.70. The molecule has 2 aromatic rings. The lowest BCUT2D eigenvalue weighted by Gasteiger charge is -2.21. The Bertz CT molecular complexity index is 592. The fourth-order valence-corrected chi connectivity index (χ4v) is 2.60. The molecule has 0 aliphatic carbocycles. The van der Waals surface area contributed by atoms with E-state index in [1.54, 1.807) is 0 Å². The number of para-hydroxylation sites is 3. The van der Waals surface area contributed by atoms with E-state index in [9.17, 15) is 0 Å². The van der Waals surface area contributed by atoms with Crippen molar-refractivity contribution in [1.29, 1.82) is 0 Å². The molecule has 1 aliphatic heterocycles. The van der Waals surface area contributed by atoms with E-state index < -0.39 is 0 Å². The molecule has 103 valence electrons. The Labute approximate surface area is 120 Å². The maximum atomic E-state index is 5.95. The van der Waals surface area contributed by atoms with E-state index in [2.05, 4.69) is 19.1 Å². The molecule has 0 bridgehead atoms. The van der Waals surface area contributed by atoms with Gasteiger partial charge >= 0.3 is 0 Å². The topological polar surface area (TPSA) is 23.3 Å². The van der Waals surface area contributed by atoms with Crippen LogP contribution in [0.3, 0.4) is 0 Å². The molecule has 0 fully saturated rings. The first kappa shape index (κ1) is 13.0. The van der Waals surface area contributed by atoms with Crippen LogP contribution in [0.4, 0.5) is 11.4 Å². The van der Waals surface area contributed by atoms with Crippen LogP contribution in [-0.4, -0.2) is 0 Å². The molecule has 3 rings (SSSR count). The van der Waals surface area contributed by atoms with Crippen LogP contribution in [0.2, 0.25) is 0 Å². The van der Waals surface area contributed by atoms with Gasteiger partial charge in [-0.15, -0.1) is 0 Å².